The van der Waals surface area contributed by atoms with Gasteiger partial charge in [0.15, 0.2) is 0 Å². The smallest absolute Gasteiger partial charge is 0.371 e. The van der Waals surface area contributed by atoms with Crippen LogP contribution in [0.4, 0.5) is 0 Å². The normalized spacial score (nSPS) is 31.7. The number of carboxylic acids is 1. The lowest BCUT2D eigenvalue weighted by Gasteiger charge is -2.39. The maximum Gasteiger partial charge on any atom is 0.371 e. The van der Waals surface area contributed by atoms with Crippen LogP contribution in [0.5, 0.6) is 0 Å². The van der Waals surface area contributed by atoms with Crippen molar-refractivity contribution in [2.75, 3.05) is 6.61 Å². The van der Waals surface area contributed by atoms with Crippen LogP contribution in [-0.2, 0) is 14.3 Å². The summed E-state index contributed by atoms with van der Waals surface area (Å²) in [5, 5.41) is 47.5. The van der Waals surface area contributed by atoms with Gasteiger partial charge >= 0.3 is 5.97 Å². The average molecular weight is 326 g/mol. The Labute approximate surface area is 131 Å². The second-order valence-electron chi connectivity index (χ2n) is 5.04. The summed E-state index contributed by atoms with van der Waals surface area (Å²) in [6, 6.07) is 8.48. The summed E-state index contributed by atoms with van der Waals surface area (Å²) in [5.74, 6) is -1.91. The Balaban J connectivity index is 2.19. The van der Waals surface area contributed by atoms with Gasteiger partial charge in [0.1, 0.15) is 24.4 Å². The van der Waals surface area contributed by atoms with Crippen LogP contribution in [0.25, 0.3) is 6.08 Å². The van der Waals surface area contributed by atoms with Crippen molar-refractivity contribution in [3.8, 4) is 0 Å². The summed E-state index contributed by atoms with van der Waals surface area (Å²) in [6.07, 6.45) is -6.35. The molecule has 0 saturated carbocycles. The molecule has 5 N–H and O–H groups in total. The first kappa shape index (κ1) is 17.4. The van der Waals surface area contributed by atoms with E-state index in [0.717, 1.165) is 0 Å². The molecular weight excluding hydrogens is 308 g/mol. The molecule has 1 aromatic carbocycles. The van der Waals surface area contributed by atoms with E-state index in [1.165, 1.54) is 6.08 Å². The van der Waals surface area contributed by atoms with Crippen molar-refractivity contribution in [2.24, 2.45) is 0 Å². The standard InChI is InChI=1S/C15H18O8/c16-7-10-11(17)12(18)13(19)15(23-10)22-9(14(20)21)6-8-4-2-1-3-5-8/h1-6,10-13,15-19H,7H2,(H,20,21)/b9-6+/t10-,11-,12+,13-,15-/m1/s1. The highest BCUT2D eigenvalue weighted by atomic mass is 16.7. The number of aliphatic carboxylic acids is 1. The molecule has 0 aromatic heterocycles. The fourth-order valence-corrected chi connectivity index (χ4v) is 2.14. The maximum atomic E-state index is 11.3. The largest absolute Gasteiger partial charge is 0.475 e. The molecule has 0 spiro atoms. The number of aliphatic hydroxyl groups excluding tert-OH is 4. The molecule has 0 amide bonds. The van der Waals surface area contributed by atoms with Crippen LogP contribution in [-0.4, -0.2) is 68.8 Å². The zero-order valence-corrected chi connectivity index (χ0v) is 12.0. The lowest BCUT2D eigenvalue weighted by atomic mass is 9.99. The molecule has 8 nitrogen and oxygen atoms in total. The van der Waals surface area contributed by atoms with Crippen LogP contribution in [0.1, 0.15) is 5.56 Å². The van der Waals surface area contributed by atoms with E-state index in [1.54, 1.807) is 30.3 Å². The van der Waals surface area contributed by atoms with E-state index < -0.39 is 49.0 Å². The highest BCUT2D eigenvalue weighted by Crippen LogP contribution is 2.24. The zero-order chi connectivity index (χ0) is 17.0. The van der Waals surface area contributed by atoms with Crippen LogP contribution in [0.15, 0.2) is 36.1 Å². The van der Waals surface area contributed by atoms with Crippen LogP contribution >= 0.6 is 0 Å². The number of benzene rings is 1. The highest BCUT2D eigenvalue weighted by Gasteiger charge is 2.45. The van der Waals surface area contributed by atoms with Crippen molar-refractivity contribution in [3.05, 3.63) is 41.7 Å². The molecule has 2 rings (SSSR count). The quantitative estimate of drug-likeness (QED) is 0.341. The van der Waals surface area contributed by atoms with E-state index in [4.69, 9.17) is 14.6 Å². The first-order valence-electron chi connectivity index (χ1n) is 6.91. The summed E-state index contributed by atoms with van der Waals surface area (Å²) >= 11 is 0. The van der Waals surface area contributed by atoms with E-state index >= 15 is 0 Å². The fourth-order valence-electron chi connectivity index (χ4n) is 2.14. The lowest BCUT2D eigenvalue weighted by Crippen LogP contribution is -2.59. The lowest BCUT2D eigenvalue weighted by molar-refractivity contribution is -0.291. The van der Waals surface area contributed by atoms with Crippen molar-refractivity contribution in [3.63, 3.8) is 0 Å². The summed E-state index contributed by atoms with van der Waals surface area (Å²) < 4.78 is 10.2. The Kier molecular flexibility index (Phi) is 5.69. The Morgan fingerprint density at radius 3 is 2.35 bits per heavy atom. The molecule has 1 fully saturated rings. The monoisotopic (exact) mass is 326 g/mol. The molecule has 8 heteroatoms. The van der Waals surface area contributed by atoms with Gasteiger partial charge in [-0.2, -0.15) is 0 Å². The van der Waals surface area contributed by atoms with Crippen molar-refractivity contribution < 1.29 is 39.8 Å². The van der Waals surface area contributed by atoms with Crippen LogP contribution < -0.4 is 0 Å². The van der Waals surface area contributed by atoms with E-state index in [9.17, 15) is 25.2 Å². The van der Waals surface area contributed by atoms with Crippen LogP contribution in [0, 0.1) is 0 Å². The van der Waals surface area contributed by atoms with Gasteiger partial charge in [-0.25, -0.2) is 4.79 Å². The van der Waals surface area contributed by atoms with Gasteiger partial charge in [-0.15, -0.1) is 0 Å². The van der Waals surface area contributed by atoms with Gasteiger partial charge in [-0.3, -0.25) is 0 Å². The predicted octanol–water partition coefficient (Wildman–Crippen LogP) is -1.07. The molecule has 1 aliphatic heterocycles. The summed E-state index contributed by atoms with van der Waals surface area (Å²) in [5.41, 5.74) is 0.550. The number of carbonyl (C=O) groups is 1. The van der Waals surface area contributed by atoms with Crippen LogP contribution in [0.2, 0.25) is 0 Å². The predicted molar refractivity (Wildman–Crippen MR) is 76.9 cm³/mol. The SMILES string of the molecule is O=C(O)/C(=C\c1ccccc1)O[C@@H]1O[C@H](CO)[C@@H](O)[C@H](O)[C@H]1O. The average Bonchev–Trinajstić information content (AvgIpc) is 2.55. The zero-order valence-electron chi connectivity index (χ0n) is 12.0. The van der Waals surface area contributed by atoms with Gasteiger partial charge in [-0.05, 0) is 11.6 Å². The van der Waals surface area contributed by atoms with E-state index in [-0.39, 0.29) is 0 Å². The molecule has 1 aliphatic rings. The number of hydrogen-bond donors (Lipinski definition) is 5. The van der Waals surface area contributed by atoms with Gasteiger partial charge in [0, 0.05) is 0 Å². The third-order valence-electron chi connectivity index (χ3n) is 3.40. The summed E-state index contributed by atoms with van der Waals surface area (Å²) in [7, 11) is 0. The van der Waals surface area contributed by atoms with E-state index in [0.29, 0.717) is 5.56 Å². The van der Waals surface area contributed by atoms with E-state index in [1.807, 2.05) is 0 Å². The Morgan fingerprint density at radius 2 is 1.78 bits per heavy atom. The van der Waals surface area contributed by atoms with Gasteiger partial charge in [0.05, 0.1) is 6.61 Å². The number of carboxylic acid groups (broad SMARTS) is 1. The molecule has 0 radical (unpaired) electrons. The molecule has 1 aromatic rings. The van der Waals surface area contributed by atoms with Crippen molar-refractivity contribution in [1.29, 1.82) is 0 Å². The Bertz CT molecular complexity index is 556. The minimum absolute atomic E-state index is 0.513. The third-order valence-corrected chi connectivity index (χ3v) is 3.40. The van der Waals surface area contributed by atoms with Crippen LogP contribution in [0.3, 0.4) is 0 Å². The first-order valence-corrected chi connectivity index (χ1v) is 6.91. The highest BCUT2D eigenvalue weighted by molar-refractivity contribution is 5.89. The van der Waals surface area contributed by atoms with Gasteiger partial charge in [-0.1, -0.05) is 30.3 Å². The molecule has 126 valence electrons. The molecule has 1 heterocycles. The Morgan fingerprint density at radius 1 is 1.13 bits per heavy atom. The number of hydrogen-bond acceptors (Lipinski definition) is 7. The van der Waals surface area contributed by atoms with Crippen molar-refractivity contribution >= 4 is 12.0 Å². The van der Waals surface area contributed by atoms with Crippen molar-refractivity contribution in [1.82, 2.24) is 0 Å². The molecule has 1 saturated heterocycles. The molecule has 23 heavy (non-hydrogen) atoms. The second-order valence-corrected chi connectivity index (χ2v) is 5.04. The third kappa shape index (κ3) is 4.06. The van der Waals surface area contributed by atoms with E-state index in [2.05, 4.69) is 0 Å². The molecule has 0 bridgehead atoms. The number of rotatable bonds is 5. The topological polar surface area (TPSA) is 137 Å². The summed E-state index contributed by atoms with van der Waals surface area (Å²) in [6.45, 7) is -0.629. The number of aliphatic hydroxyl groups is 4. The number of ether oxygens (including phenoxy) is 2. The molecule has 0 aliphatic carbocycles. The van der Waals surface area contributed by atoms with Gasteiger partial charge in [0.2, 0.25) is 12.0 Å². The molecule has 5 atom stereocenters. The Hall–Kier alpha value is -1.97. The molecular formula is C15H18O8. The minimum Gasteiger partial charge on any atom is -0.475 e. The minimum atomic E-state index is -1.67. The van der Waals surface area contributed by atoms with Gasteiger partial charge < -0.3 is 35.0 Å². The maximum absolute atomic E-state index is 11.3. The molecule has 0 unspecified atom stereocenters. The summed E-state index contributed by atoms with van der Waals surface area (Å²) in [4.78, 5) is 11.3. The first-order chi connectivity index (χ1) is 10.9. The fraction of sp³-hybridized carbons (Fsp3) is 0.400. The van der Waals surface area contributed by atoms with Gasteiger partial charge in [0.25, 0.3) is 0 Å². The second kappa shape index (κ2) is 7.53. The van der Waals surface area contributed by atoms with Crippen molar-refractivity contribution in [2.45, 2.75) is 30.7 Å².